The van der Waals surface area contributed by atoms with Crippen LogP contribution in [0.1, 0.15) is 13.8 Å². The van der Waals surface area contributed by atoms with Crippen LogP contribution in [0.4, 0.5) is 0 Å². The van der Waals surface area contributed by atoms with Gasteiger partial charge in [-0.3, -0.25) is 0 Å². The molecule has 1 rings (SSSR count). The monoisotopic (exact) mass is 126 g/mol. The van der Waals surface area contributed by atoms with Crippen molar-refractivity contribution < 1.29 is 0 Å². The highest BCUT2D eigenvalue weighted by Gasteiger charge is 1.99. The molecular formula is C7H10S. The Hall–Kier alpha value is -0.170. The van der Waals surface area contributed by atoms with E-state index < -0.39 is 0 Å². The van der Waals surface area contributed by atoms with Gasteiger partial charge in [-0.05, 0) is 24.8 Å². The lowest BCUT2D eigenvalue weighted by Crippen LogP contribution is -1.78. The molecule has 0 saturated heterocycles. The third-order valence-electron chi connectivity index (χ3n) is 1.25. The van der Waals surface area contributed by atoms with Crippen molar-refractivity contribution in [2.24, 2.45) is 0 Å². The van der Waals surface area contributed by atoms with E-state index in [1.165, 1.54) is 16.9 Å². The summed E-state index contributed by atoms with van der Waals surface area (Å²) in [5.74, 6) is 1.18. The summed E-state index contributed by atoms with van der Waals surface area (Å²) in [6, 6.07) is 0. The summed E-state index contributed by atoms with van der Waals surface area (Å²) in [6.45, 7) is 4.32. The van der Waals surface area contributed by atoms with Crippen LogP contribution < -0.4 is 0 Å². The molecule has 44 valence electrons. The van der Waals surface area contributed by atoms with Crippen molar-refractivity contribution in [3.05, 3.63) is 22.6 Å². The predicted molar refractivity (Wildman–Crippen MR) is 40.0 cm³/mol. The van der Waals surface area contributed by atoms with Gasteiger partial charge in [0.15, 0.2) is 0 Å². The number of allylic oxidation sites excluding steroid dienone is 2. The van der Waals surface area contributed by atoms with Gasteiger partial charge in [-0.2, -0.15) is 0 Å². The smallest absolute Gasteiger partial charge is 0.0225 e. The van der Waals surface area contributed by atoms with E-state index in [-0.39, 0.29) is 0 Å². The van der Waals surface area contributed by atoms with Crippen LogP contribution in [0.15, 0.2) is 22.6 Å². The third-order valence-corrected chi connectivity index (χ3v) is 2.05. The standard InChI is InChI=1S/C7H10S/c1-6(2)7-3-4-8-5-7/h3-4H,5H2,1-2H3. The van der Waals surface area contributed by atoms with Crippen molar-refractivity contribution in [1.82, 2.24) is 0 Å². The zero-order chi connectivity index (χ0) is 5.98. The van der Waals surface area contributed by atoms with E-state index in [2.05, 4.69) is 25.3 Å². The summed E-state index contributed by atoms with van der Waals surface area (Å²) in [5.41, 5.74) is 2.95. The van der Waals surface area contributed by atoms with Gasteiger partial charge >= 0.3 is 0 Å². The molecule has 0 aliphatic carbocycles. The van der Waals surface area contributed by atoms with Gasteiger partial charge in [0.2, 0.25) is 0 Å². The quantitative estimate of drug-likeness (QED) is 0.480. The Kier molecular flexibility index (Phi) is 1.79. The minimum Gasteiger partial charge on any atom is -0.129 e. The minimum atomic E-state index is 1.18. The highest BCUT2D eigenvalue weighted by atomic mass is 32.2. The zero-order valence-corrected chi connectivity index (χ0v) is 6.09. The van der Waals surface area contributed by atoms with Crippen LogP contribution in [0.25, 0.3) is 0 Å². The second kappa shape index (κ2) is 2.40. The zero-order valence-electron chi connectivity index (χ0n) is 5.27. The van der Waals surface area contributed by atoms with Crippen molar-refractivity contribution in [2.75, 3.05) is 5.75 Å². The van der Waals surface area contributed by atoms with Crippen LogP contribution in [-0.2, 0) is 0 Å². The average molecular weight is 126 g/mol. The number of thioether (sulfide) groups is 1. The van der Waals surface area contributed by atoms with E-state index in [0.717, 1.165) is 0 Å². The maximum atomic E-state index is 2.19. The van der Waals surface area contributed by atoms with Crippen LogP contribution in [0, 0.1) is 0 Å². The number of rotatable bonds is 0. The van der Waals surface area contributed by atoms with Gasteiger partial charge in [0.25, 0.3) is 0 Å². The molecule has 1 heteroatoms. The van der Waals surface area contributed by atoms with Crippen molar-refractivity contribution in [1.29, 1.82) is 0 Å². The topological polar surface area (TPSA) is 0 Å². The van der Waals surface area contributed by atoms with Crippen molar-refractivity contribution in [3.8, 4) is 0 Å². The first-order valence-corrected chi connectivity index (χ1v) is 3.80. The Morgan fingerprint density at radius 3 is 2.62 bits per heavy atom. The molecule has 0 aromatic rings. The lowest BCUT2D eigenvalue weighted by Gasteiger charge is -1.92. The summed E-state index contributed by atoms with van der Waals surface area (Å²) in [4.78, 5) is 0. The Bertz CT molecular complexity index is 138. The summed E-state index contributed by atoms with van der Waals surface area (Å²) < 4.78 is 0. The Labute approximate surface area is 54.7 Å². The van der Waals surface area contributed by atoms with Gasteiger partial charge < -0.3 is 0 Å². The largest absolute Gasteiger partial charge is 0.129 e. The Morgan fingerprint density at radius 2 is 2.38 bits per heavy atom. The molecule has 0 atom stereocenters. The van der Waals surface area contributed by atoms with Crippen LogP contribution in [-0.4, -0.2) is 5.75 Å². The van der Waals surface area contributed by atoms with E-state index >= 15 is 0 Å². The normalized spacial score (nSPS) is 17.5. The lowest BCUT2D eigenvalue weighted by molar-refractivity contribution is 1.31. The third kappa shape index (κ3) is 1.16. The fraction of sp³-hybridized carbons (Fsp3) is 0.429. The second-order valence-corrected chi connectivity index (χ2v) is 3.03. The SMILES string of the molecule is CC(C)=C1C=CSC1. The molecule has 0 aromatic carbocycles. The second-order valence-electron chi connectivity index (χ2n) is 2.14. The summed E-state index contributed by atoms with van der Waals surface area (Å²) in [6.07, 6.45) is 2.19. The van der Waals surface area contributed by atoms with Crippen LogP contribution in [0.2, 0.25) is 0 Å². The van der Waals surface area contributed by atoms with Crippen molar-refractivity contribution in [2.45, 2.75) is 13.8 Å². The van der Waals surface area contributed by atoms with E-state index in [1.54, 1.807) is 0 Å². The van der Waals surface area contributed by atoms with Crippen molar-refractivity contribution >= 4 is 11.8 Å². The molecule has 1 heterocycles. The Balaban J connectivity index is 2.73. The fourth-order valence-electron chi connectivity index (χ4n) is 0.627. The molecule has 0 unspecified atom stereocenters. The first-order valence-electron chi connectivity index (χ1n) is 2.75. The van der Waals surface area contributed by atoms with Crippen LogP contribution in [0.5, 0.6) is 0 Å². The van der Waals surface area contributed by atoms with Gasteiger partial charge in [-0.25, -0.2) is 0 Å². The molecule has 0 spiro atoms. The first kappa shape index (κ1) is 5.96. The molecule has 1 aliphatic rings. The molecule has 1 aliphatic heterocycles. The Morgan fingerprint density at radius 1 is 1.62 bits per heavy atom. The first-order chi connectivity index (χ1) is 3.80. The van der Waals surface area contributed by atoms with Crippen LogP contribution >= 0.6 is 11.8 Å². The van der Waals surface area contributed by atoms with Gasteiger partial charge in [0.1, 0.15) is 0 Å². The average Bonchev–Trinajstić information content (AvgIpc) is 2.12. The summed E-state index contributed by atoms with van der Waals surface area (Å²) >= 11 is 1.87. The molecule has 0 radical (unpaired) electrons. The molecule has 0 aromatic heterocycles. The molecule has 0 bridgehead atoms. The van der Waals surface area contributed by atoms with Gasteiger partial charge in [-0.1, -0.05) is 11.6 Å². The van der Waals surface area contributed by atoms with E-state index in [9.17, 15) is 0 Å². The fourth-order valence-corrected chi connectivity index (χ4v) is 1.55. The summed E-state index contributed by atoms with van der Waals surface area (Å²) in [5, 5.41) is 2.16. The molecule has 0 fully saturated rings. The molecule has 0 amide bonds. The molecular weight excluding hydrogens is 116 g/mol. The van der Waals surface area contributed by atoms with E-state index in [1.807, 2.05) is 11.8 Å². The van der Waals surface area contributed by atoms with E-state index in [0.29, 0.717) is 0 Å². The van der Waals surface area contributed by atoms with Gasteiger partial charge in [0.05, 0.1) is 0 Å². The maximum absolute atomic E-state index is 2.19. The van der Waals surface area contributed by atoms with Gasteiger partial charge in [-0.15, -0.1) is 11.8 Å². The number of hydrogen-bond acceptors (Lipinski definition) is 1. The van der Waals surface area contributed by atoms with Gasteiger partial charge in [0, 0.05) is 5.75 Å². The van der Waals surface area contributed by atoms with Crippen LogP contribution in [0.3, 0.4) is 0 Å². The maximum Gasteiger partial charge on any atom is 0.0225 e. The minimum absolute atomic E-state index is 1.18. The summed E-state index contributed by atoms with van der Waals surface area (Å²) in [7, 11) is 0. The highest BCUT2D eigenvalue weighted by molar-refractivity contribution is 8.02. The highest BCUT2D eigenvalue weighted by Crippen LogP contribution is 2.21. The molecule has 0 N–H and O–H groups in total. The lowest BCUT2D eigenvalue weighted by atomic mass is 10.2. The molecule has 0 saturated carbocycles. The number of hydrogen-bond donors (Lipinski definition) is 0. The predicted octanol–water partition coefficient (Wildman–Crippen LogP) is 2.58. The molecule has 8 heavy (non-hydrogen) atoms. The molecule has 0 nitrogen and oxygen atoms in total. The van der Waals surface area contributed by atoms with Crippen molar-refractivity contribution in [3.63, 3.8) is 0 Å². The van der Waals surface area contributed by atoms with E-state index in [4.69, 9.17) is 0 Å².